The Balaban J connectivity index is 1.63. The number of rotatable bonds is 5. The molecule has 0 unspecified atom stereocenters. The molecule has 0 radical (unpaired) electrons. The average molecular weight is 440 g/mol. The van der Waals surface area contributed by atoms with Crippen LogP contribution in [0.1, 0.15) is 30.9 Å². The van der Waals surface area contributed by atoms with Crippen LogP contribution in [-0.4, -0.2) is 30.0 Å². The molecule has 0 atom stereocenters. The standard InChI is InChI=1S/C23H22ClN3O2S/c1-2-3-10-26-11-9-16-12-15(7-8-20(16)26)13-19-21(28)25-23(30)27(22(19)29)18-6-4-5-17(24)14-18/h4-8,12-14H,2-3,9-11H2,1H3,(H,25,28,30). The van der Waals surface area contributed by atoms with Crippen LogP contribution < -0.4 is 15.1 Å². The van der Waals surface area contributed by atoms with E-state index in [4.69, 9.17) is 23.8 Å². The van der Waals surface area contributed by atoms with Gasteiger partial charge in [0.2, 0.25) is 0 Å². The summed E-state index contributed by atoms with van der Waals surface area (Å²) in [5.74, 6) is -0.954. The van der Waals surface area contributed by atoms with Crippen LogP contribution in [0.3, 0.4) is 0 Å². The number of carbonyl (C=O) groups is 2. The second-order valence-electron chi connectivity index (χ2n) is 7.42. The predicted octanol–water partition coefficient (Wildman–Crippen LogP) is 4.33. The van der Waals surface area contributed by atoms with Crippen molar-refractivity contribution in [2.45, 2.75) is 26.2 Å². The zero-order valence-corrected chi connectivity index (χ0v) is 18.2. The number of benzene rings is 2. The van der Waals surface area contributed by atoms with Crippen LogP contribution in [0.15, 0.2) is 48.0 Å². The Labute approximate surface area is 186 Å². The minimum atomic E-state index is -0.492. The van der Waals surface area contributed by atoms with Gasteiger partial charge in [0.15, 0.2) is 5.11 Å². The Morgan fingerprint density at radius 1 is 1.20 bits per heavy atom. The summed E-state index contributed by atoms with van der Waals surface area (Å²) in [5, 5.41) is 3.14. The Kier molecular flexibility index (Phi) is 5.88. The SMILES string of the molecule is CCCCN1CCc2cc(C=C3C(=O)NC(=S)N(c4cccc(Cl)c4)C3=O)ccc21. The van der Waals surface area contributed by atoms with Crippen LogP contribution in [0.5, 0.6) is 0 Å². The number of thiocarbonyl (C=S) groups is 1. The number of nitrogens with one attached hydrogen (secondary N) is 1. The van der Waals surface area contributed by atoms with Crippen LogP contribution in [-0.2, 0) is 16.0 Å². The van der Waals surface area contributed by atoms with E-state index in [0.717, 1.165) is 31.5 Å². The van der Waals surface area contributed by atoms with Crippen LogP contribution in [0.25, 0.3) is 6.08 Å². The Hall–Kier alpha value is -2.70. The molecule has 0 spiro atoms. The highest BCUT2D eigenvalue weighted by molar-refractivity contribution is 7.80. The number of fused-ring (bicyclic) bond motifs is 1. The predicted molar refractivity (Wildman–Crippen MR) is 125 cm³/mol. The number of halogens is 1. The summed E-state index contributed by atoms with van der Waals surface area (Å²) in [6.07, 6.45) is 4.93. The molecule has 0 aromatic heterocycles. The first kappa shape index (κ1) is 20.6. The van der Waals surface area contributed by atoms with Crippen molar-refractivity contribution >= 4 is 58.2 Å². The van der Waals surface area contributed by atoms with Gasteiger partial charge in [-0.2, -0.15) is 0 Å². The van der Waals surface area contributed by atoms with Crippen molar-refractivity contribution in [3.63, 3.8) is 0 Å². The molecule has 7 heteroatoms. The number of hydrogen-bond acceptors (Lipinski definition) is 4. The van der Waals surface area contributed by atoms with Gasteiger partial charge in [-0.15, -0.1) is 0 Å². The third-order valence-corrected chi connectivity index (χ3v) is 5.88. The van der Waals surface area contributed by atoms with E-state index in [2.05, 4.69) is 29.3 Å². The lowest BCUT2D eigenvalue weighted by Gasteiger charge is -2.29. The van der Waals surface area contributed by atoms with Gasteiger partial charge in [-0.05, 0) is 72.6 Å². The minimum Gasteiger partial charge on any atom is -0.371 e. The number of anilines is 2. The van der Waals surface area contributed by atoms with Gasteiger partial charge in [0.1, 0.15) is 5.57 Å². The van der Waals surface area contributed by atoms with Crippen LogP contribution in [0.2, 0.25) is 5.02 Å². The molecule has 154 valence electrons. The Morgan fingerprint density at radius 3 is 2.80 bits per heavy atom. The second kappa shape index (κ2) is 8.58. The van der Waals surface area contributed by atoms with Gasteiger partial charge in [-0.1, -0.05) is 37.1 Å². The summed E-state index contributed by atoms with van der Waals surface area (Å²) in [6.45, 7) is 4.25. The summed E-state index contributed by atoms with van der Waals surface area (Å²) >= 11 is 11.3. The Morgan fingerprint density at radius 2 is 2.03 bits per heavy atom. The summed E-state index contributed by atoms with van der Waals surface area (Å²) in [4.78, 5) is 29.3. The molecule has 1 saturated heterocycles. The summed E-state index contributed by atoms with van der Waals surface area (Å²) < 4.78 is 0. The average Bonchev–Trinajstić information content (AvgIpc) is 3.11. The van der Waals surface area contributed by atoms with E-state index in [9.17, 15) is 9.59 Å². The summed E-state index contributed by atoms with van der Waals surface area (Å²) in [6, 6.07) is 12.9. The van der Waals surface area contributed by atoms with Crippen molar-refractivity contribution in [2.75, 3.05) is 22.9 Å². The fourth-order valence-corrected chi connectivity index (χ4v) is 4.30. The number of amides is 2. The fraction of sp³-hybridized carbons (Fsp3) is 0.261. The van der Waals surface area contributed by atoms with E-state index < -0.39 is 11.8 Å². The van der Waals surface area contributed by atoms with Crippen molar-refractivity contribution in [1.29, 1.82) is 0 Å². The molecule has 0 saturated carbocycles. The third-order valence-electron chi connectivity index (χ3n) is 5.36. The molecular weight excluding hydrogens is 418 g/mol. The molecule has 1 fully saturated rings. The van der Waals surface area contributed by atoms with E-state index in [1.807, 2.05) is 6.07 Å². The maximum absolute atomic E-state index is 13.1. The quantitative estimate of drug-likeness (QED) is 0.428. The number of carbonyl (C=O) groups excluding carboxylic acids is 2. The largest absolute Gasteiger partial charge is 0.371 e. The second-order valence-corrected chi connectivity index (χ2v) is 8.24. The van der Waals surface area contributed by atoms with Gasteiger partial charge in [0.05, 0.1) is 5.69 Å². The molecule has 1 N–H and O–H groups in total. The maximum Gasteiger partial charge on any atom is 0.270 e. The number of nitrogens with zero attached hydrogens (tertiary/aromatic N) is 2. The normalized spacial score (nSPS) is 17.5. The third kappa shape index (κ3) is 3.98. The van der Waals surface area contributed by atoms with Gasteiger partial charge in [-0.3, -0.25) is 19.8 Å². The molecule has 2 amide bonds. The molecule has 2 aliphatic heterocycles. The molecule has 2 heterocycles. The van der Waals surface area contributed by atoms with Crippen LogP contribution >= 0.6 is 23.8 Å². The van der Waals surface area contributed by atoms with E-state index in [1.165, 1.54) is 22.6 Å². The zero-order valence-electron chi connectivity index (χ0n) is 16.7. The Bertz CT molecular complexity index is 1070. The minimum absolute atomic E-state index is 0.0457. The molecule has 2 aliphatic rings. The van der Waals surface area contributed by atoms with E-state index in [0.29, 0.717) is 10.7 Å². The van der Waals surface area contributed by atoms with Gasteiger partial charge < -0.3 is 4.90 Å². The smallest absolute Gasteiger partial charge is 0.270 e. The highest BCUT2D eigenvalue weighted by Crippen LogP contribution is 2.30. The molecule has 2 aromatic carbocycles. The first-order chi connectivity index (χ1) is 14.5. The maximum atomic E-state index is 13.1. The van der Waals surface area contributed by atoms with Crippen molar-refractivity contribution < 1.29 is 9.59 Å². The lowest BCUT2D eigenvalue weighted by atomic mass is 10.0. The highest BCUT2D eigenvalue weighted by Gasteiger charge is 2.34. The summed E-state index contributed by atoms with van der Waals surface area (Å²) in [5.41, 5.74) is 3.87. The first-order valence-electron chi connectivity index (χ1n) is 10.0. The van der Waals surface area contributed by atoms with Gasteiger partial charge in [0, 0.05) is 23.8 Å². The molecule has 4 rings (SSSR count). The van der Waals surface area contributed by atoms with E-state index >= 15 is 0 Å². The van der Waals surface area contributed by atoms with Gasteiger partial charge in [0.25, 0.3) is 11.8 Å². The van der Waals surface area contributed by atoms with Crippen LogP contribution in [0.4, 0.5) is 11.4 Å². The van der Waals surface area contributed by atoms with Crippen molar-refractivity contribution in [2.24, 2.45) is 0 Å². The lowest BCUT2D eigenvalue weighted by molar-refractivity contribution is -0.122. The highest BCUT2D eigenvalue weighted by atomic mass is 35.5. The summed E-state index contributed by atoms with van der Waals surface area (Å²) in [7, 11) is 0. The monoisotopic (exact) mass is 439 g/mol. The van der Waals surface area contributed by atoms with Crippen LogP contribution in [0, 0.1) is 0 Å². The lowest BCUT2D eigenvalue weighted by Crippen LogP contribution is -2.54. The van der Waals surface area contributed by atoms with E-state index in [-0.39, 0.29) is 10.7 Å². The topological polar surface area (TPSA) is 52.7 Å². The molecule has 2 aromatic rings. The molecular formula is C23H22ClN3O2S. The van der Waals surface area contributed by atoms with Crippen molar-refractivity contribution in [3.8, 4) is 0 Å². The zero-order chi connectivity index (χ0) is 21.3. The van der Waals surface area contributed by atoms with Gasteiger partial charge >= 0.3 is 0 Å². The number of unbranched alkanes of at least 4 members (excludes halogenated alkanes) is 1. The van der Waals surface area contributed by atoms with Crippen molar-refractivity contribution in [3.05, 3.63) is 64.2 Å². The molecule has 5 nitrogen and oxygen atoms in total. The van der Waals surface area contributed by atoms with Crippen molar-refractivity contribution in [1.82, 2.24) is 5.32 Å². The van der Waals surface area contributed by atoms with E-state index in [1.54, 1.807) is 30.3 Å². The first-order valence-corrected chi connectivity index (χ1v) is 10.8. The molecule has 0 bridgehead atoms. The van der Waals surface area contributed by atoms with Gasteiger partial charge in [-0.25, -0.2) is 0 Å². The fourth-order valence-electron chi connectivity index (χ4n) is 3.83. The molecule has 30 heavy (non-hydrogen) atoms. The number of hydrogen-bond donors (Lipinski definition) is 1. The molecule has 0 aliphatic carbocycles.